The van der Waals surface area contributed by atoms with Crippen molar-refractivity contribution in [1.29, 1.82) is 0 Å². The number of pyridine rings is 2. The van der Waals surface area contributed by atoms with Crippen molar-refractivity contribution in [3.63, 3.8) is 0 Å². The minimum absolute atomic E-state index is 0. The van der Waals surface area contributed by atoms with Gasteiger partial charge in [0.1, 0.15) is 5.52 Å². The summed E-state index contributed by atoms with van der Waals surface area (Å²) in [5.74, 6) is 0. The fraction of sp³-hybridized carbons (Fsp3) is 0.143. The van der Waals surface area contributed by atoms with Crippen LogP contribution in [0.4, 0.5) is 5.69 Å². The Hall–Kier alpha value is -2.04. The van der Waals surface area contributed by atoms with E-state index in [4.69, 9.17) is 0 Å². The quantitative estimate of drug-likeness (QED) is 0.299. The molecule has 1 aromatic carbocycles. The number of aryl methyl sites for hydroxylation is 2. The van der Waals surface area contributed by atoms with Crippen molar-refractivity contribution in [3.8, 4) is 0 Å². The standard InChI is InChI=1S/C14H11N3O2.Cu/c1-8-3-5-10-7-12(17(18)19)11-6-4-9(2)16-14(11)13(10)15-8;/h3-7H,1-2H3;/q;+1. The van der Waals surface area contributed by atoms with Crippen molar-refractivity contribution in [2.45, 2.75) is 13.8 Å². The van der Waals surface area contributed by atoms with E-state index in [1.54, 1.807) is 18.2 Å². The van der Waals surface area contributed by atoms with Crippen molar-refractivity contribution in [1.82, 2.24) is 9.97 Å². The van der Waals surface area contributed by atoms with Gasteiger partial charge in [0, 0.05) is 22.8 Å². The molecule has 3 rings (SSSR count). The molecule has 20 heavy (non-hydrogen) atoms. The maximum Gasteiger partial charge on any atom is 1.00 e. The molecule has 0 atom stereocenters. The number of aromatic nitrogens is 2. The Morgan fingerprint density at radius 2 is 1.60 bits per heavy atom. The predicted molar refractivity (Wildman–Crippen MR) is 73.2 cm³/mol. The van der Waals surface area contributed by atoms with E-state index in [1.807, 2.05) is 26.0 Å². The van der Waals surface area contributed by atoms with Crippen molar-refractivity contribution in [2.24, 2.45) is 0 Å². The SMILES string of the molecule is Cc1ccc2cc([N+](=O)[O-])c3ccc(C)nc3c2n1.[Cu+]. The maximum absolute atomic E-state index is 11.2. The number of hydrogen-bond acceptors (Lipinski definition) is 4. The van der Waals surface area contributed by atoms with Crippen LogP contribution in [0, 0.1) is 24.0 Å². The van der Waals surface area contributed by atoms with Gasteiger partial charge in [-0.25, -0.2) is 0 Å². The first-order valence-electron chi connectivity index (χ1n) is 5.88. The minimum Gasteiger partial charge on any atom is -0.258 e. The molecule has 0 saturated carbocycles. The van der Waals surface area contributed by atoms with Crippen LogP contribution in [0.5, 0.6) is 0 Å². The summed E-state index contributed by atoms with van der Waals surface area (Å²) in [6, 6.07) is 8.75. The van der Waals surface area contributed by atoms with Gasteiger partial charge in [-0.3, -0.25) is 20.1 Å². The van der Waals surface area contributed by atoms with Gasteiger partial charge < -0.3 is 0 Å². The topological polar surface area (TPSA) is 68.9 Å². The third-order valence-corrected chi connectivity index (χ3v) is 3.09. The molecule has 0 aliphatic carbocycles. The van der Waals surface area contributed by atoms with E-state index < -0.39 is 0 Å². The Kier molecular flexibility index (Phi) is 3.70. The minimum atomic E-state index is -0.376. The van der Waals surface area contributed by atoms with Crippen LogP contribution in [-0.4, -0.2) is 14.9 Å². The van der Waals surface area contributed by atoms with Crippen LogP contribution in [0.1, 0.15) is 11.4 Å². The van der Waals surface area contributed by atoms with Crippen molar-refractivity contribution in [3.05, 3.63) is 51.8 Å². The third-order valence-electron chi connectivity index (χ3n) is 3.09. The van der Waals surface area contributed by atoms with Gasteiger partial charge >= 0.3 is 17.1 Å². The Morgan fingerprint density at radius 1 is 1.00 bits per heavy atom. The van der Waals surface area contributed by atoms with Gasteiger partial charge in [-0.1, -0.05) is 6.07 Å². The van der Waals surface area contributed by atoms with Gasteiger partial charge in [-0.05, 0) is 32.0 Å². The molecule has 0 fully saturated rings. The van der Waals surface area contributed by atoms with E-state index in [-0.39, 0.29) is 27.7 Å². The molecule has 0 aliphatic rings. The summed E-state index contributed by atoms with van der Waals surface area (Å²) in [6.07, 6.45) is 0. The average molecular weight is 317 g/mol. The molecule has 0 unspecified atom stereocenters. The number of benzene rings is 1. The molecule has 0 spiro atoms. The van der Waals surface area contributed by atoms with Crippen molar-refractivity contribution in [2.75, 3.05) is 0 Å². The predicted octanol–water partition coefficient (Wildman–Crippen LogP) is 3.31. The second-order valence-corrected chi connectivity index (χ2v) is 4.53. The molecule has 0 amide bonds. The van der Waals surface area contributed by atoms with Crippen LogP contribution in [-0.2, 0) is 17.1 Å². The van der Waals surface area contributed by atoms with Crippen LogP contribution in [0.25, 0.3) is 21.8 Å². The number of hydrogen-bond donors (Lipinski definition) is 0. The first kappa shape index (κ1) is 14.4. The summed E-state index contributed by atoms with van der Waals surface area (Å²) in [4.78, 5) is 19.7. The second-order valence-electron chi connectivity index (χ2n) is 4.53. The zero-order valence-electron chi connectivity index (χ0n) is 10.8. The van der Waals surface area contributed by atoms with Gasteiger partial charge in [0.15, 0.2) is 0 Å². The molecule has 0 bridgehead atoms. The summed E-state index contributed by atoms with van der Waals surface area (Å²) in [5, 5.41) is 12.4. The van der Waals surface area contributed by atoms with Gasteiger partial charge in [-0.2, -0.15) is 0 Å². The van der Waals surface area contributed by atoms with Crippen LogP contribution in [0.3, 0.4) is 0 Å². The molecule has 2 aromatic heterocycles. The first-order valence-corrected chi connectivity index (χ1v) is 5.88. The number of nitro benzene ring substituents is 1. The van der Waals surface area contributed by atoms with Crippen LogP contribution in [0.15, 0.2) is 30.3 Å². The van der Waals surface area contributed by atoms with E-state index in [1.165, 1.54) is 0 Å². The largest absolute Gasteiger partial charge is 1.00 e. The maximum atomic E-state index is 11.2. The second kappa shape index (κ2) is 5.15. The van der Waals surface area contributed by atoms with Gasteiger partial charge in [0.05, 0.1) is 15.8 Å². The van der Waals surface area contributed by atoms with Gasteiger partial charge in [0.2, 0.25) is 0 Å². The molecule has 0 aliphatic heterocycles. The van der Waals surface area contributed by atoms with Crippen molar-refractivity contribution >= 4 is 27.5 Å². The number of rotatable bonds is 1. The Balaban J connectivity index is 0.00000147. The fourth-order valence-corrected chi connectivity index (χ4v) is 2.19. The molecule has 5 nitrogen and oxygen atoms in total. The number of nitro groups is 1. The van der Waals surface area contributed by atoms with E-state index in [0.29, 0.717) is 16.4 Å². The molecule has 6 heteroatoms. The number of fused-ring (bicyclic) bond motifs is 3. The van der Waals surface area contributed by atoms with Crippen LogP contribution >= 0.6 is 0 Å². The zero-order valence-corrected chi connectivity index (χ0v) is 11.8. The van der Waals surface area contributed by atoms with E-state index in [9.17, 15) is 10.1 Å². The first-order chi connectivity index (χ1) is 9.06. The van der Waals surface area contributed by atoms with Gasteiger partial charge in [-0.15, -0.1) is 0 Å². The molecular weight excluding hydrogens is 306 g/mol. The summed E-state index contributed by atoms with van der Waals surface area (Å²) in [5.41, 5.74) is 3.06. The zero-order chi connectivity index (χ0) is 13.6. The number of nitrogens with zero attached hydrogens (tertiary/aromatic N) is 3. The Bertz CT molecular complexity index is 833. The monoisotopic (exact) mass is 316 g/mol. The summed E-state index contributed by atoms with van der Waals surface area (Å²) in [6.45, 7) is 3.75. The Labute approximate surface area is 125 Å². The molecule has 0 radical (unpaired) electrons. The third kappa shape index (κ3) is 2.24. The molecule has 3 aromatic rings. The van der Waals surface area contributed by atoms with E-state index in [2.05, 4.69) is 9.97 Å². The summed E-state index contributed by atoms with van der Waals surface area (Å²) < 4.78 is 0. The average Bonchev–Trinajstić information content (AvgIpc) is 2.37. The van der Waals surface area contributed by atoms with Crippen LogP contribution < -0.4 is 0 Å². The van der Waals surface area contributed by atoms with Gasteiger partial charge in [0.25, 0.3) is 5.69 Å². The molecule has 2 heterocycles. The summed E-state index contributed by atoms with van der Waals surface area (Å²) in [7, 11) is 0. The smallest absolute Gasteiger partial charge is 0.258 e. The fourth-order valence-electron chi connectivity index (χ4n) is 2.19. The Morgan fingerprint density at radius 3 is 2.25 bits per heavy atom. The van der Waals surface area contributed by atoms with E-state index in [0.717, 1.165) is 16.8 Å². The summed E-state index contributed by atoms with van der Waals surface area (Å²) >= 11 is 0. The van der Waals surface area contributed by atoms with E-state index >= 15 is 0 Å². The van der Waals surface area contributed by atoms with Crippen LogP contribution in [0.2, 0.25) is 0 Å². The molecular formula is C14H11CuN3O2+. The normalized spacial score (nSPS) is 10.5. The molecule has 104 valence electrons. The number of non-ortho nitro benzene ring substituents is 1. The van der Waals surface area contributed by atoms with Crippen molar-refractivity contribution < 1.29 is 22.0 Å². The molecule has 0 saturated heterocycles. The molecule has 0 N–H and O–H groups in total.